The molecule has 1 heterocycles. The number of aryl methyl sites for hydroxylation is 2. The second-order valence-electron chi connectivity index (χ2n) is 7.73. The van der Waals surface area contributed by atoms with Crippen LogP contribution in [-0.4, -0.2) is 32.8 Å². The Hall–Kier alpha value is -3.83. The molecular formula is C23H21F6N5O. The minimum Gasteiger partial charge on any atom is -0.397 e. The fourth-order valence-corrected chi connectivity index (χ4v) is 3.63. The molecule has 1 amide bonds. The monoisotopic (exact) mass is 497 g/mol. The number of halogens is 6. The number of anilines is 2. The van der Waals surface area contributed by atoms with Gasteiger partial charge in [-0.15, -0.1) is 0 Å². The zero-order chi connectivity index (χ0) is 26.2. The molecule has 0 aliphatic heterocycles. The molecule has 0 saturated heterocycles. The molecule has 3 N–H and O–H groups in total. The second kappa shape index (κ2) is 9.08. The van der Waals surface area contributed by atoms with E-state index in [1.54, 1.807) is 0 Å². The summed E-state index contributed by atoms with van der Waals surface area (Å²) in [5.41, 5.74) is 0.549. The molecule has 0 aliphatic carbocycles. The Morgan fingerprint density at radius 1 is 1.17 bits per heavy atom. The van der Waals surface area contributed by atoms with Gasteiger partial charge in [0.05, 0.1) is 11.4 Å². The molecule has 1 atom stereocenters. The molecule has 1 unspecified atom stereocenters. The lowest BCUT2D eigenvalue weighted by molar-refractivity contribution is -0.296. The summed E-state index contributed by atoms with van der Waals surface area (Å²) in [7, 11) is 0. The van der Waals surface area contributed by atoms with Crippen molar-refractivity contribution in [2.24, 2.45) is 0 Å². The third kappa shape index (κ3) is 4.47. The molecule has 0 bridgehead atoms. The third-order valence-electron chi connectivity index (χ3n) is 5.50. The molecular weight excluding hydrogens is 476 g/mol. The van der Waals surface area contributed by atoms with Gasteiger partial charge in [0.25, 0.3) is 11.6 Å². The standard InChI is InChI=1S/C23H21F6N5O/c1-4-14-9-16(22(26,23(27,28)29)21(24,25)5-2)8-13(3)19(14)33-20(35)15-6-7-18(17(30)10-15)34-12-31-11-32-34/h5-12H,2,4,30H2,1,3H3,(H,33,35). The number of allylic oxidation sites excluding steroid dienone is 1. The van der Waals surface area contributed by atoms with Crippen LogP contribution in [0.25, 0.3) is 5.69 Å². The summed E-state index contributed by atoms with van der Waals surface area (Å²) in [5.74, 6) is -5.59. The van der Waals surface area contributed by atoms with Gasteiger partial charge < -0.3 is 11.1 Å². The maximum Gasteiger partial charge on any atom is 0.433 e. The van der Waals surface area contributed by atoms with Gasteiger partial charge in [0.15, 0.2) is 0 Å². The second-order valence-corrected chi connectivity index (χ2v) is 7.73. The molecule has 35 heavy (non-hydrogen) atoms. The Balaban J connectivity index is 2.01. The summed E-state index contributed by atoms with van der Waals surface area (Å²) in [5, 5.41) is 6.50. The largest absolute Gasteiger partial charge is 0.433 e. The van der Waals surface area contributed by atoms with E-state index in [2.05, 4.69) is 22.0 Å². The smallest absolute Gasteiger partial charge is 0.397 e. The van der Waals surface area contributed by atoms with Gasteiger partial charge in [-0.2, -0.15) is 27.1 Å². The van der Waals surface area contributed by atoms with Crippen LogP contribution in [0.1, 0.15) is 34.0 Å². The first-order chi connectivity index (χ1) is 16.3. The maximum atomic E-state index is 15.1. The van der Waals surface area contributed by atoms with E-state index in [0.29, 0.717) is 17.8 Å². The van der Waals surface area contributed by atoms with Gasteiger partial charge in [-0.05, 0) is 54.8 Å². The first kappa shape index (κ1) is 25.8. The van der Waals surface area contributed by atoms with Crippen LogP contribution >= 0.6 is 0 Å². The summed E-state index contributed by atoms with van der Waals surface area (Å²) < 4.78 is 85.4. The first-order valence-corrected chi connectivity index (χ1v) is 10.2. The van der Waals surface area contributed by atoms with Crippen molar-refractivity contribution in [2.45, 2.75) is 38.0 Å². The Kier molecular flexibility index (Phi) is 6.69. The predicted octanol–water partition coefficient (Wildman–Crippen LogP) is 5.52. The van der Waals surface area contributed by atoms with Gasteiger partial charge in [0.2, 0.25) is 0 Å². The minimum absolute atomic E-state index is 0.0191. The van der Waals surface area contributed by atoms with E-state index in [4.69, 9.17) is 5.73 Å². The summed E-state index contributed by atoms with van der Waals surface area (Å²) in [6.45, 7) is 5.46. The highest BCUT2D eigenvalue weighted by Crippen LogP contribution is 2.53. The number of rotatable bonds is 7. The van der Waals surface area contributed by atoms with E-state index in [-0.39, 0.29) is 40.6 Å². The molecule has 3 aromatic rings. The first-order valence-electron chi connectivity index (χ1n) is 10.2. The van der Waals surface area contributed by atoms with Crippen LogP contribution in [0.4, 0.5) is 37.7 Å². The van der Waals surface area contributed by atoms with Gasteiger partial charge in [0.1, 0.15) is 12.7 Å². The molecule has 0 spiro atoms. The Bertz CT molecular complexity index is 1260. The highest BCUT2D eigenvalue weighted by atomic mass is 19.4. The minimum atomic E-state index is -5.93. The lowest BCUT2D eigenvalue weighted by atomic mass is 9.85. The number of carbonyl (C=O) groups excluding carboxylic acids is 1. The zero-order valence-electron chi connectivity index (χ0n) is 18.6. The topological polar surface area (TPSA) is 85.8 Å². The predicted molar refractivity (Wildman–Crippen MR) is 118 cm³/mol. The molecule has 6 nitrogen and oxygen atoms in total. The highest BCUT2D eigenvalue weighted by molar-refractivity contribution is 6.06. The number of nitrogens with two attached hydrogens (primary N) is 1. The van der Waals surface area contributed by atoms with Crippen molar-refractivity contribution in [3.8, 4) is 5.69 Å². The van der Waals surface area contributed by atoms with Crippen molar-refractivity contribution >= 4 is 17.3 Å². The van der Waals surface area contributed by atoms with Gasteiger partial charge in [0, 0.05) is 16.8 Å². The van der Waals surface area contributed by atoms with Crippen LogP contribution in [0, 0.1) is 6.92 Å². The van der Waals surface area contributed by atoms with E-state index >= 15 is 4.39 Å². The Morgan fingerprint density at radius 2 is 1.86 bits per heavy atom. The number of hydrogen-bond donors (Lipinski definition) is 2. The quantitative estimate of drug-likeness (QED) is 0.256. The maximum absolute atomic E-state index is 15.1. The van der Waals surface area contributed by atoms with Crippen molar-refractivity contribution in [1.29, 1.82) is 0 Å². The van der Waals surface area contributed by atoms with Crippen molar-refractivity contribution in [3.63, 3.8) is 0 Å². The average Bonchev–Trinajstić information content (AvgIpc) is 3.33. The number of nitrogen functional groups attached to an aromatic ring is 1. The fraction of sp³-hybridized carbons (Fsp3) is 0.261. The highest BCUT2D eigenvalue weighted by Gasteiger charge is 2.71. The van der Waals surface area contributed by atoms with Crippen LogP contribution < -0.4 is 11.1 Å². The SMILES string of the molecule is C=CC(F)(F)C(F)(c1cc(C)c(NC(=O)c2ccc(-n3cncn3)c(N)c2)c(CC)c1)C(F)(F)F. The molecule has 3 rings (SSSR count). The van der Waals surface area contributed by atoms with Gasteiger partial charge in [-0.3, -0.25) is 4.79 Å². The average molecular weight is 497 g/mol. The van der Waals surface area contributed by atoms with Crippen molar-refractivity contribution < 1.29 is 31.1 Å². The molecule has 12 heteroatoms. The molecule has 0 fully saturated rings. The van der Waals surface area contributed by atoms with Gasteiger partial charge in [-0.25, -0.2) is 14.1 Å². The number of alkyl halides is 6. The number of carbonyl (C=O) groups is 1. The number of aromatic nitrogens is 3. The van der Waals surface area contributed by atoms with Crippen molar-refractivity contribution in [2.75, 3.05) is 11.1 Å². The lowest BCUT2D eigenvalue weighted by Crippen LogP contribution is -2.51. The van der Waals surface area contributed by atoms with E-state index in [9.17, 15) is 26.7 Å². The molecule has 0 aliphatic rings. The van der Waals surface area contributed by atoms with E-state index in [0.717, 1.165) is 0 Å². The summed E-state index contributed by atoms with van der Waals surface area (Å²) in [4.78, 5) is 16.7. The molecule has 0 saturated carbocycles. The fourth-order valence-electron chi connectivity index (χ4n) is 3.63. The van der Waals surface area contributed by atoms with Crippen molar-refractivity contribution in [3.05, 3.63) is 77.9 Å². The third-order valence-corrected chi connectivity index (χ3v) is 5.50. The van der Waals surface area contributed by atoms with E-state index < -0.39 is 29.2 Å². The Labute approximate surface area is 196 Å². The summed E-state index contributed by atoms with van der Waals surface area (Å²) in [6.07, 6.45) is -3.58. The summed E-state index contributed by atoms with van der Waals surface area (Å²) in [6, 6.07) is 5.65. The number of nitrogens with zero attached hydrogens (tertiary/aromatic N) is 3. The number of amides is 1. The van der Waals surface area contributed by atoms with Crippen LogP contribution in [-0.2, 0) is 12.1 Å². The molecule has 186 valence electrons. The van der Waals surface area contributed by atoms with E-state index in [1.807, 2.05) is 0 Å². The van der Waals surface area contributed by atoms with Crippen molar-refractivity contribution in [1.82, 2.24) is 14.8 Å². The van der Waals surface area contributed by atoms with Gasteiger partial charge >= 0.3 is 12.1 Å². The lowest BCUT2D eigenvalue weighted by Gasteiger charge is -2.34. The number of hydrogen-bond acceptors (Lipinski definition) is 4. The van der Waals surface area contributed by atoms with Gasteiger partial charge in [-0.1, -0.05) is 19.6 Å². The number of nitrogens with one attached hydrogen (secondary N) is 1. The zero-order valence-corrected chi connectivity index (χ0v) is 18.6. The van der Waals surface area contributed by atoms with Crippen LogP contribution in [0.5, 0.6) is 0 Å². The van der Waals surface area contributed by atoms with Crippen LogP contribution in [0.15, 0.2) is 55.6 Å². The normalized spacial score (nSPS) is 13.8. The van der Waals surface area contributed by atoms with Crippen LogP contribution in [0.2, 0.25) is 0 Å². The Morgan fingerprint density at radius 3 is 2.37 bits per heavy atom. The van der Waals surface area contributed by atoms with Crippen LogP contribution in [0.3, 0.4) is 0 Å². The van der Waals surface area contributed by atoms with E-state index in [1.165, 1.54) is 49.4 Å². The molecule has 1 aromatic heterocycles. The summed E-state index contributed by atoms with van der Waals surface area (Å²) >= 11 is 0. The number of benzene rings is 2. The molecule has 0 radical (unpaired) electrons. The molecule has 2 aromatic carbocycles.